The number of unbranched alkanes of at least 4 members (excludes halogenated alkanes) is 1. The zero-order valence-corrected chi connectivity index (χ0v) is 13.0. The molecule has 6 nitrogen and oxygen atoms in total. The molecule has 1 unspecified atom stereocenters. The topological polar surface area (TPSA) is 74.3 Å². The second-order valence-corrected chi connectivity index (χ2v) is 5.56. The third kappa shape index (κ3) is 4.72. The Morgan fingerprint density at radius 1 is 1.55 bits per heavy atom. The first-order chi connectivity index (χ1) is 10.7. The minimum atomic E-state index is -0.179. The smallest absolute Gasteiger partial charge is 0.318 e. The number of hydrogen-bond donors (Lipinski definition) is 2. The fourth-order valence-corrected chi connectivity index (χ4v) is 2.53. The Labute approximate surface area is 131 Å². The van der Waals surface area contributed by atoms with E-state index in [1.165, 1.54) is 0 Å². The van der Waals surface area contributed by atoms with Crippen molar-refractivity contribution in [2.75, 3.05) is 19.6 Å². The molecular weight excluding hydrogens is 280 g/mol. The molecule has 1 atom stereocenters. The van der Waals surface area contributed by atoms with Gasteiger partial charge < -0.3 is 15.5 Å². The summed E-state index contributed by atoms with van der Waals surface area (Å²) in [6.07, 6.45) is 7.26. The average Bonchev–Trinajstić information content (AvgIpc) is 2.76. The zero-order chi connectivity index (χ0) is 15.8. The van der Waals surface area contributed by atoms with Gasteiger partial charge in [0.15, 0.2) is 0 Å². The predicted molar refractivity (Wildman–Crippen MR) is 84.2 cm³/mol. The van der Waals surface area contributed by atoms with Gasteiger partial charge in [-0.25, -0.2) is 4.79 Å². The number of pyridine rings is 1. The summed E-state index contributed by atoms with van der Waals surface area (Å²) in [4.78, 5) is 29.8. The molecule has 22 heavy (non-hydrogen) atoms. The van der Waals surface area contributed by atoms with Gasteiger partial charge in [0.05, 0.1) is 6.04 Å². The summed E-state index contributed by atoms with van der Waals surface area (Å²) in [6.45, 7) is 3.48. The number of hydrogen-bond acceptors (Lipinski definition) is 3. The highest BCUT2D eigenvalue weighted by Crippen LogP contribution is 2.19. The summed E-state index contributed by atoms with van der Waals surface area (Å²) in [7, 11) is 0. The summed E-state index contributed by atoms with van der Waals surface area (Å²) in [5.74, 6) is -0.0980. The fraction of sp³-hybridized carbons (Fsp3) is 0.562. The van der Waals surface area contributed by atoms with E-state index in [4.69, 9.17) is 0 Å². The maximum Gasteiger partial charge on any atom is 0.318 e. The van der Waals surface area contributed by atoms with E-state index in [1.54, 1.807) is 17.3 Å². The Balaban J connectivity index is 2.02. The first kappa shape index (κ1) is 16.3. The highest BCUT2D eigenvalue weighted by molar-refractivity contribution is 5.84. The van der Waals surface area contributed by atoms with E-state index < -0.39 is 0 Å². The van der Waals surface area contributed by atoms with Gasteiger partial charge in [0.1, 0.15) is 6.54 Å². The quantitative estimate of drug-likeness (QED) is 0.871. The molecule has 1 aliphatic heterocycles. The highest BCUT2D eigenvalue weighted by atomic mass is 16.2. The molecule has 1 aromatic heterocycles. The molecule has 1 saturated heterocycles. The van der Waals surface area contributed by atoms with E-state index in [1.807, 2.05) is 12.1 Å². The van der Waals surface area contributed by atoms with Crippen LogP contribution in [0.15, 0.2) is 24.5 Å². The molecule has 120 valence electrons. The fourth-order valence-electron chi connectivity index (χ4n) is 2.53. The normalized spacial score (nSPS) is 16.6. The Morgan fingerprint density at radius 3 is 3.14 bits per heavy atom. The number of rotatable bonds is 5. The molecule has 2 N–H and O–H groups in total. The summed E-state index contributed by atoms with van der Waals surface area (Å²) >= 11 is 0. The molecule has 0 aliphatic carbocycles. The van der Waals surface area contributed by atoms with Crippen molar-refractivity contribution in [3.8, 4) is 0 Å². The van der Waals surface area contributed by atoms with Crippen LogP contribution in [0.3, 0.4) is 0 Å². The number of aromatic nitrogens is 1. The van der Waals surface area contributed by atoms with Crippen molar-refractivity contribution in [2.45, 2.75) is 38.6 Å². The van der Waals surface area contributed by atoms with Crippen molar-refractivity contribution in [1.29, 1.82) is 0 Å². The van der Waals surface area contributed by atoms with Crippen LogP contribution in [0.4, 0.5) is 4.79 Å². The number of urea groups is 1. The van der Waals surface area contributed by atoms with Gasteiger partial charge in [0.25, 0.3) is 0 Å². The van der Waals surface area contributed by atoms with Gasteiger partial charge in [-0.1, -0.05) is 25.8 Å². The average molecular weight is 304 g/mol. The third-order valence-corrected chi connectivity index (χ3v) is 3.78. The molecule has 1 aromatic rings. The van der Waals surface area contributed by atoms with E-state index >= 15 is 0 Å². The lowest BCUT2D eigenvalue weighted by Gasteiger charge is -2.25. The SMILES string of the molecule is CCCCC(NC(=O)N1CCCNC(=O)C1)c1cccnc1. The van der Waals surface area contributed by atoms with Crippen LogP contribution in [-0.4, -0.2) is 41.5 Å². The highest BCUT2D eigenvalue weighted by Gasteiger charge is 2.22. The molecular formula is C16H24N4O2. The van der Waals surface area contributed by atoms with E-state index in [-0.39, 0.29) is 24.5 Å². The number of nitrogens with one attached hydrogen (secondary N) is 2. The minimum absolute atomic E-state index is 0.0625. The number of nitrogens with zero attached hydrogens (tertiary/aromatic N) is 2. The van der Waals surface area contributed by atoms with Crippen LogP contribution in [0.25, 0.3) is 0 Å². The van der Waals surface area contributed by atoms with Gasteiger partial charge in [-0.3, -0.25) is 9.78 Å². The standard InChI is InChI=1S/C16H24N4O2/c1-2-3-7-14(13-6-4-8-17-11-13)19-16(22)20-10-5-9-18-15(21)12-20/h4,6,8,11,14H,2-3,5,7,9-10,12H2,1H3,(H,18,21)(H,19,22). The van der Waals surface area contributed by atoms with Crippen molar-refractivity contribution >= 4 is 11.9 Å². The molecule has 6 heteroatoms. The Morgan fingerprint density at radius 2 is 2.41 bits per heavy atom. The maximum atomic E-state index is 12.5. The molecule has 0 aromatic carbocycles. The Hall–Kier alpha value is -2.11. The van der Waals surface area contributed by atoms with Crippen LogP contribution >= 0.6 is 0 Å². The lowest BCUT2D eigenvalue weighted by molar-refractivity contribution is -0.121. The molecule has 3 amide bonds. The summed E-state index contributed by atoms with van der Waals surface area (Å²) in [6, 6.07) is 3.61. The van der Waals surface area contributed by atoms with Crippen molar-refractivity contribution in [2.24, 2.45) is 0 Å². The van der Waals surface area contributed by atoms with Crippen molar-refractivity contribution in [3.05, 3.63) is 30.1 Å². The summed E-state index contributed by atoms with van der Waals surface area (Å²) in [5.41, 5.74) is 1.00. The van der Waals surface area contributed by atoms with Crippen LogP contribution in [0.5, 0.6) is 0 Å². The zero-order valence-electron chi connectivity index (χ0n) is 13.0. The molecule has 0 spiro atoms. The third-order valence-electron chi connectivity index (χ3n) is 3.78. The first-order valence-corrected chi connectivity index (χ1v) is 7.92. The van der Waals surface area contributed by atoms with Crippen LogP contribution in [0.2, 0.25) is 0 Å². The monoisotopic (exact) mass is 304 g/mol. The van der Waals surface area contributed by atoms with Gasteiger partial charge >= 0.3 is 6.03 Å². The van der Waals surface area contributed by atoms with Gasteiger partial charge in [-0.05, 0) is 24.5 Å². The van der Waals surface area contributed by atoms with Gasteiger partial charge in [0.2, 0.25) is 5.91 Å². The van der Waals surface area contributed by atoms with Crippen LogP contribution in [0.1, 0.15) is 44.2 Å². The number of amides is 3. The molecule has 1 aliphatic rings. The first-order valence-electron chi connectivity index (χ1n) is 7.92. The second-order valence-electron chi connectivity index (χ2n) is 5.56. The molecule has 1 fully saturated rings. The van der Waals surface area contributed by atoms with E-state index in [9.17, 15) is 9.59 Å². The minimum Gasteiger partial charge on any atom is -0.354 e. The van der Waals surface area contributed by atoms with Crippen molar-refractivity contribution in [3.63, 3.8) is 0 Å². The van der Waals surface area contributed by atoms with Crippen LogP contribution in [0, 0.1) is 0 Å². The summed E-state index contributed by atoms with van der Waals surface area (Å²) in [5, 5.41) is 5.83. The lowest BCUT2D eigenvalue weighted by Crippen LogP contribution is -2.44. The lowest BCUT2D eigenvalue weighted by atomic mass is 10.0. The Kier molecular flexibility index (Phi) is 6.18. The van der Waals surface area contributed by atoms with Crippen LogP contribution < -0.4 is 10.6 Å². The predicted octanol–water partition coefficient (Wildman–Crippen LogP) is 1.84. The molecule has 2 heterocycles. The van der Waals surface area contributed by atoms with E-state index in [0.717, 1.165) is 31.2 Å². The van der Waals surface area contributed by atoms with Gasteiger partial charge in [-0.2, -0.15) is 0 Å². The molecule has 0 bridgehead atoms. The van der Waals surface area contributed by atoms with Crippen molar-refractivity contribution in [1.82, 2.24) is 20.5 Å². The number of carbonyl (C=O) groups excluding carboxylic acids is 2. The van der Waals surface area contributed by atoms with Gasteiger partial charge in [-0.15, -0.1) is 0 Å². The van der Waals surface area contributed by atoms with Crippen LogP contribution in [-0.2, 0) is 4.79 Å². The second kappa shape index (κ2) is 8.36. The molecule has 2 rings (SSSR count). The van der Waals surface area contributed by atoms with E-state index in [0.29, 0.717) is 13.1 Å². The Bertz CT molecular complexity index is 492. The summed E-state index contributed by atoms with van der Waals surface area (Å²) < 4.78 is 0. The number of carbonyl (C=O) groups is 2. The molecule has 0 saturated carbocycles. The van der Waals surface area contributed by atoms with Gasteiger partial charge in [0, 0.05) is 25.5 Å². The van der Waals surface area contributed by atoms with E-state index in [2.05, 4.69) is 22.5 Å². The maximum absolute atomic E-state index is 12.5. The molecule has 0 radical (unpaired) electrons. The van der Waals surface area contributed by atoms with Crippen molar-refractivity contribution < 1.29 is 9.59 Å². The largest absolute Gasteiger partial charge is 0.354 e.